The van der Waals surface area contributed by atoms with Crippen LogP contribution in [0.5, 0.6) is 5.75 Å². The molecule has 5 nitrogen and oxygen atoms in total. The number of halogens is 1. The van der Waals surface area contributed by atoms with Crippen LogP contribution in [-0.2, 0) is 6.42 Å². The van der Waals surface area contributed by atoms with Gasteiger partial charge in [-0.2, -0.15) is 9.78 Å². The fourth-order valence-corrected chi connectivity index (χ4v) is 2.51. The molecule has 0 saturated heterocycles. The molecule has 1 aromatic heterocycles. The second-order valence-corrected chi connectivity index (χ2v) is 5.59. The standard InChI is InChI=1S/C13H15BrN4OS/c1-4-12-16-17-13(20-3)18(12)15-8-9-7-10(14)5-6-11(9)19-2/h5-8H,4H2,1-3H3/b15-8-. The summed E-state index contributed by atoms with van der Waals surface area (Å²) in [5.41, 5.74) is 0.893. The van der Waals surface area contributed by atoms with E-state index >= 15 is 0 Å². The van der Waals surface area contributed by atoms with E-state index < -0.39 is 0 Å². The van der Waals surface area contributed by atoms with E-state index in [4.69, 9.17) is 4.74 Å². The number of aryl methyl sites for hydroxylation is 1. The minimum atomic E-state index is 0.770. The van der Waals surface area contributed by atoms with E-state index in [1.54, 1.807) is 18.0 Å². The minimum absolute atomic E-state index is 0.770. The number of aromatic nitrogens is 3. The van der Waals surface area contributed by atoms with E-state index in [-0.39, 0.29) is 0 Å². The topological polar surface area (TPSA) is 52.3 Å². The van der Waals surface area contributed by atoms with Crippen LogP contribution in [0.25, 0.3) is 0 Å². The van der Waals surface area contributed by atoms with E-state index in [1.807, 2.05) is 31.4 Å². The number of hydrogen-bond donors (Lipinski definition) is 0. The van der Waals surface area contributed by atoms with Crippen LogP contribution in [0.2, 0.25) is 0 Å². The average molecular weight is 355 g/mol. The van der Waals surface area contributed by atoms with Crippen molar-refractivity contribution < 1.29 is 4.74 Å². The highest BCUT2D eigenvalue weighted by molar-refractivity contribution is 9.10. The van der Waals surface area contributed by atoms with E-state index in [9.17, 15) is 0 Å². The molecule has 0 aliphatic carbocycles. The van der Waals surface area contributed by atoms with Gasteiger partial charge in [-0.05, 0) is 24.5 Å². The van der Waals surface area contributed by atoms with Crippen molar-refractivity contribution in [1.29, 1.82) is 0 Å². The third-order valence-electron chi connectivity index (χ3n) is 2.68. The molecule has 1 aromatic carbocycles. The van der Waals surface area contributed by atoms with Crippen molar-refractivity contribution in [3.63, 3.8) is 0 Å². The predicted octanol–water partition coefficient (Wildman–Crippen LogP) is 3.22. The van der Waals surface area contributed by atoms with Gasteiger partial charge in [0, 0.05) is 16.5 Å². The maximum absolute atomic E-state index is 5.33. The summed E-state index contributed by atoms with van der Waals surface area (Å²) < 4.78 is 8.06. The summed E-state index contributed by atoms with van der Waals surface area (Å²) in [5, 5.41) is 13.5. The molecule has 0 aliphatic heterocycles. The van der Waals surface area contributed by atoms with Crippen molar-refractivity contribution in [2.75, 3.05) is 13.4 Å². The third kappa shape index (κ3) is 3.21. The number of thioether (sulfide) groups is 1. The molecule has 0 aliphatic rings. The van der Waals surface area contributed by atoms with E-state index in [0.717, 1.165) is 33.2 Å². The fourth-order valence-electron chi connectivity index (χ4n) is 1.69. The fraction of sp³-hybridized carbons (Fsp3) is 0.308. The zero-order chi connectivity index (χ0) is 14.5. The molecule has 0 amide bonds. The van der Waals surface area contributed by atoms with Crippen LogP contribution in [0.15, 0.2) is 32.9 Å². The number of benzene rings is 1. The molecule has 0 N–H and O–H groups in total. The second kappa shape index (κ2) is 6.90. The molecule has 20 heavy (non-hydrogen) atoms. The molecule has 7 heteroatoms. The first-order chi connectivity index (χ1) is 9.69. The van der Waals surface area contributed by atoms with Gasteiger partial charge >= 0.3 is 0 Å². The first-order valence-corrected chi connectivity index (χ1v) is 8.07. The van der Waals surface area contributed by atoms with Crippen LogP contribution in [-0.4, -0.2) is 34.5 Å². The molecular formula is C13H15BrN4OS. The molecular weight excluding hydrogens is 340 g/mol. The molecule has 0 unspecified atom stereocenters. The van der Waals surface area contributed by atoms with Crippen LogP contribution < -0.4 is 4.74 Å². The van der Waals surface area contributed by atoms with Gasteiger partial charge < -0.3 is 4.74 Å². The lowest BCUT2D eigenvalue weighted by molar-refractivity contribution is 0.414. The Morgan fingerprint density at radius 3 is 2.90 bits per heavy atom. The van der Waals surface area contributed by atoms with Crippen molar-refractivity contribution >= 4 is 33.9 Å². The van der Waals surface area contributed by atoms with Gasteiger partial charge in [-0.1, -0.05) is 34.6 Å². The Hall–Kier alpha value is -1.34. The summed E-state index contributed by atoms with van der Waals surface area (Å²) in [5.74, 6) is 1.60. The Kier molecular flexibility index (Phi) is 5.19. The van der Waals surface area contributed by atoms with E-state index in [2.05, 4.69) is 31.2 Å². The number of nitrogens with zero attached hydrogens (tertiary/aromatic N) is 4. The molecule has 2 aromatic rings. The largest absolute Gasteiger partial charge is 0.496 e. The Balaban J connectivity index is 2.38. The molecule has 2 rings (SSSR count). The lowest BCUT2D eigenvalue weighted by Crippen LogP contribution is -1.99. The predicted molar refractivity (Wildman–Crippen MR) is 84.9 cm³/mol. The molecule has 1 heterocycles. The Morgan fingerprint density at radius 2 is 2.25 bits per heavy atom. The minimum Gasteiger partial charge on any atom is -0.496 e. The van der Waals surface area contributed by atoms with Crippen LogP contribution >= 0.6 is 27.7 Å². The van der Waals surface area contributed by atoms with Gasteiger partial charge in [-0.25, -0.2) is 0 Å². The van der Waals surface area contributed by atoms with Gasteiger partial charge in [0.2, 0.25) is 5.16 Å². The van der Waals surface area contributed by atoms with Gasteiger partial charge in [0.05, 0.1) is 13.3 Å². The molecule has 0 saturated carbocycles. The number of rotatable bonds is 5. The summed E-state index contributed by atoms with van der Waals surface area (Å²) in [6.45, 7) is 2.03. The molecule has 0 radical (unpaired) electrons. The first kappa shape index (κ1) is 15.1. The highest BCUT2D eigenvalue weighted by Crippen LogP contribution is 2.22. The van der Waals surface area contributed by atoms with Gasteiger partial charge in [0.15, 0.2) is 5.82 Å². The smallest absolute Gasteiger partial charge is 0.211 e. The average Bonchev–Trinajstić information content (AvgIpc) is 2.87. The van der Waals surface area contributed by atoms with Crippen LogP contribution in [0.3, 0.4) is 0 Å². The molecule has 0 fully saturated rings. The van der Waals surface area contributed by atoms with Crippen LogP contribution in [0, 0.1) is 0 Å². The lowest BCUT2D eigenvalue weighted by atomic mass is 10.2. The zero-order valence-electron chi connectivity index (χ0n) is 11.5. The summed E-state index contributed by atoms with van der Waals surface area (Å²) in [6, 6.07) is 5.78. The van der Waals surface area contributed by atoms with Gasteiger partial charge in [-0.3, -0.25) is 0 Å². The monoisotopic (exact) mass is 354 g/mol. The number of ether oxygens (including phenoxy) is 1. The molecule has 0 atom stereocenters. The number of hydrogen-bond acceptors (Lipinski definition) is 5. The lowest BCUT2D eigenvalue weighted by Gasteiger charge is -2.05. The number of methoxy groups -OCH3 is 1. The SMILES string of the molecule is CCc1nnc(SC)n1/N=C\c1cc(Br)ccc1OC. The van der Waals surface area contributed by atoms with Gasteiger partial charge in [-0.15, -0.1) is 10.2 Å². The van der Waals surface area contributed by atoms with Crippen LogP contribution in [0.4, 0.5) is 0 Å². The van der Waals surface area contributed by atoms with Crippen molar-refractivity contribution in [3.05, 3.63) is 34.1 Å². The summed E-state index contributed by atoms with van der Waals surface area (Å²) in [7, 11) is 1.64. The quantitative estimate of drug-likeness (QED) is 0.611. The third-order valence-corrected chi connectivity index (χ3v) is 3.79. The maximum atomic E-state index is 5.33. The summed E-state index contributed by atoms with van der Waals surface area (Å²) >= 11 is 4.96. The highest BCUT2D eigenvalue weighted by Gasteiger charge is 2.08. The van der Waals surface area contributed by atoms with E-state index in [1.165, 1.54) is 11.8 Å². The summed E-state index contributed by atoms with van der Waals surface area (Å²) in [4.78, 5) is 0. The van der Waals surface area contributed by atoms with Crippen LogP contribution in [0.1, 0.15) is 18.3 Å². The van der Waals surface area contributed by atoms with Crippen molar-refractivity contribution in [1.82, 2.24) is 14.9 Å². The molecule has 0 spiro atoms. The van der Waals surface area contributed by atoms with E-state index in [0.29, 0.717) is 0 Å². The van der Waals surface area contributed by atoms with Crippen molar-refractivity contribution in [2.45, 2.75) is 18.5 Å². The Morgan fingerprint density at radius 1 is 1.45 bits per heavy atom. The van der Waals surface area contributed by atoms with Crippen molar-refractivity contribution in [3.8, 4) is 5.75 Å². The molecule has 106 valence electrons. The first-order valence-electron chi connectivity index (χ1n) is 6.05. The second-order valence-electron chi connectivity index (χ2n) is 3.90. The van der Waals surface area contributed by atoms with Gasteiger partial charge in [0.25, 0.3) is 0 Å². The van der Waals surface area contributed by atoms with Crippen molar-refractivity contribution in [2.24, 2.45) is 5.10 Å². The summed E-state index contributed by atoms with van der Waals surface area (Å²) in [6.07, 6.45) is 4.49. The Bertz CT molecular complexity index is 605. The zero-order valence-corrected chi connectivity index (χ0v) is 13.9. The van der Waals surface area contributed by atoms with Gasteiger partial charge in [0.1, 0.15) is 5.75 Å². The Labute approximate surface area is 130 Å². The molecule has 0 bridgehead atoms. The maximum Gasteiger partial charge on any atom is 0.211 e. The normalized spacial score (nSPS) is 11.2. The highest BCUT2D eigenvalue weighted by atomic mass is 79.9.